The molecule has 3 amide bonds. The number of thioether (sulfide) groups is 1. The van der Waals surface area contributed by atoms with E-state index in [2.05, 4.69) is 53.7 Å². The average molecular weight is 390 g/mol. The van der Waals surface area contributed by atoms with Crippen molar-refractivity contribution in [1.29, 1.82) is 0 Å². The summed E-state index contributed by atoms with van der Waals surface area (Å²) in [6, 6.07) is 7.78. The van der Waals surface area contributed by atoms with Crippen molar-refractivity contribution in [3.63, 3.8) is 0 Å². The van der Waals surface area contributed by atoms with Gasteiger partial charge in [0.2, 0.25) is 5.91 Å². The Balaban J connectivity index is 1.99. The van der Waals surface area contributed by atoms with Gasteiger partial charge in [-0.15, -0.1) is 10.2 Å². The summed E-state index contributed by atoms with van der Waals surface area (Å²) in [6.45, 7) is 9.00. The first-order valence-electron chi connectivity index (χ1n) is 8.93. The number of nitrogens with zero attached hydrogens (tertiary/aromatic N) is 3. The third kappa shape index (κ3) is 5.82. The molecular formula is C19H27N5O2S. The monoisotopic (exact) mass is 389 g/mol. The molecule has 0 radical (unpaired) electrons. The quantitative estimate of drug-likeness (QED) is 0.741. The molecular weight excluding hydrogens is 362 g/mol. The molecule has 8 heteroatoms. The second-order valence-electron chi connectivity index (χ2n) is 7.29. The van der Waals surface area contributed by atoms with E-state index in [1.165, 1.54) is 17.3 Å². The number of amides is 3. The number of imide groups is 1. The van der Waals surface area contributed by atoms with Crippen LogP contribution >= 0.6 is 11.8 Å². The summed E-state index contributed by atoms with van der Waals surface area (Å²) in [6.07, 6.45) is 0.814. The van der Waals surface area contributed by atoms with E-state index in [-0.39, 0.29) is 17.1 Å². The normalized spacial score (nSPS) is 11.3. The molecule has 7 nitrogen and oxygen atoms in total. The van der Waals surface area contributed by atoms with Crippen LogP contribution in [-0.4, -0.2) is 39.0 Å². The van der Waals surface area contributed by atoms with Crippen LogP contribution in [0.2, 0.25) is 0 Å². The highest BCUT2D eigenvalue weighted by molar-refractivity contribution is 7.99. The SMILES string of the molecule is CCCNC(=O)NC(=O)CSc1nnc(-c2ccc(C(C)(C)C)cc2)n1C. The smallest absolute Gasteiger partial charge is 0.321 e. The highest BCUT2D eigenvalue weighted by Gasteiger charge is 2.16. The van der Waals surface area contributed by atoms with Crippen LogP contribution in [0, 0.1) is 0 Å². The highest BCUT2D eigenvalue weighted by atomic mass is 32.2. The van der Waals surface area contributed by atoms with E-state index in [9.17, 15) is 9.59 Å². The van der Waals surface area contributed by atoms with Crippen LogP contribution < -0.4 is 10.6 Å². The lowest BCUT2D eigenvalue weighted by Gasteiger charge is -2.19. The maximum absolute atomic E-state index is 11.9. The first-order chi connectivity index (χ1) is 12.7. The Morgan fingerprint density at radius 3 is 2.41 bits per heavy atom. The van der Waals surface area contributed by atoms with Crippen molar-refractivity contribution in [2.75, 3.05) is 12.3 Å². The van der Waals surface area contributed by atoms with Gasteiger partial charge in [-0.25, -0.2) is 4.79 Å². The molecule has 0 aliphatic rings. The summed E-state index contributed by atoms with van der Waals surface area (Å²) < 4.78 is 1.85. The number of hydrogen-bond donors (Lipinski definition) is 2. The first kappa shape index (κ1) is 21.0. The Morgan fingerprint density at radius 2 is 1.81 bits per heavy atom. The molecule has 2 aromatic rings. The molecule has 1 heterocycles. The number of aromatic nitrogens is 3. The Hall–Kier alpha value is -2.35. The molecule has 0 unspecified atom stereocenters. The van der Waals surface area contributed by atoms with E-state index < -0.39 is 6.03 Å². The van der Waals surface area contributed by atoms with Gasteiger partial charge in [0.25, 0.3) is 0 Å². The predicted octanol–water partition coefficient (Wildman–Crippen LogP) is 3.11. The summed E-state index contributed by atoms with van der Waals surface area (Å²) >= 11 is 1.24. The zero-order valence-electron chi connectivity index (χ0n) is 16.5. The summed E-state index contributed by atoms with van der Waals surface area (Å²) in [5.74, 6) is 0.459. The molecule has 0 aliphatic heterocycles. The minimum atomic E-state index is -0.472. The molecule has 1 aromatic heterocycles. The van der Waals surface area contributed by atoms with Crippen molar-refractivity contribution in [2.24, 2.45) is 7.05 Å². The van der Waals surface area contributed by atoms with Gasteiger partial charge in [-0.2, -0.15) is 0 Å². The Bertz CT molecular complexity index is 793. The lowest BCUT2D eigenvalue weighted by atomic mass is 9.87. The number of rotatable bonds is 6. The van der Waals surface area contributed by atoms with Gasteiger partial charge in [0.15, 0.2) is 11.0 Å². The number of nitrogens with one attached hydrogen (secondary N) is 2. The first-order valence-corrected chi connectivity index (χ1v) is 9.91. The molecule has 2 rings (SSSR count). The summed E-state index contributed by atoms with van der Waals surface area (Å²) in [5, 5.41) is 13.9. The van der Waals surface area contributed by atoms with Crippen LogP contribution in [0.5, 0.6) is 0 Å². The Morgan fingerprint density at radius 1 is 1.15 bits per heavy atom. The fourth-order valence-corrected chi connectivity index (χ4v) is 3.10. The zero-order chi connectivity index (χ0) is 20.0. The molecule has 0 bridgehead atoms. The minimum Gasteiger partial charge on any atom is -0.338 e. The van der Waals surface area contributed by atoms with E-state index in [0.717, 1.165) is 17.8 Å². The molecule has 2 N–H and O–H groups in total. The van der Waals surface area contributed by atoms with Gasteiger partial charge in [-0.05, 0) is 17.4 Å². The standard InChI is InChI=1S/C19H27N5O2S/c1-6-11-20-17(26)21-15(25)12-27-18-23-22-16(24(18)5)13-7-9-14(10-8-13)19(2,3)4/h7-10H,6,11-12H2,1-5H3,(H2,20,21,25,26). The summed E-state index contributed by atoms with van der Waals surface area (Å²) in [5.41, 5.74) is 2.31. The minimum absolute atomic E-state index is 0.0917. The molecule has 0 spiro atoms. The van der Waals surface area contributed by atoms with Gasteiger partial charge in [0.1, 0.15) is 0 Å². The van der Waals surface area contributed by atoms with Gasteiger partial charge in [-0.3, -0.25) is 10.1 Å². The average Bonchev–Trinajstić information content (AvgIpc) is 2.98. The van der Waals surface area contributed by atoms with Gasteiger partial charge >= 0.3 is 6.03 Å². The number of benzene rings is 1. The summed E-state index contributed by atoms with van der Waals surface area (Å²) in [4.78, 5) is 23.4. The zero-order valence-corrected chi connectivity index (χ0v) is 17.3. The third-order valence-corrected chi connectivity index (χ3v) is 4.99. The van der Waals surface area contributed by atoms with Crippen molar-refractivity contribution < 1.29 is 9.59 Å². The van der Waals surface area contributed by atoms with Gasteiger partial charge in [-0.1, -0.05) is 63.7 Å². The number of hydrogen-bond acceptors (Lipinski definition) is 5. The van der Waals surface area contributed by atoms with E-state index in [1.54, 1.807) is 0 Å². The maximum Gasteiger partial charge on any atom is 0.321 e. The van der Waals surface area contributed by atoms with Crippen LogP contribution in [0.4, 0.5) is 4.79 Å². The van der Waals surface area contributed by atoms with Crippen LogP contribution in [0.3, 0.4) is 0 Å². The molecule has 0 saturated heterocycles. The fraction of sp³-hybridized carbons (Fsp3) is 0.474. The van der Waals surface area contributed by atoms with Crippen LogP contribution in [0.15, 0.2) is 29.4 Å². The lowest BCUT2D eigenvalue weighted by molar-refractivity contribution is -0.117. The summed E-state index contributed by atoms with van der Waals surface area (Å²) in [7, 11) is 1.86. The third-order valence-electron chi connectivity index (χ3n) is 3.96. The van der Waals surface area contributed by atoms with Gasteiger partial charge < -0.3 is 9.88 Å². The Labute approximate surface area is 164 Å². The van der Waals surface area contributed by atoms with E-state index >= 15 is 0 Å². The largest absolute Gasteiger partial charge is 0.338 e. The van der Waals surface area contributed by atoms with Crippen LogP contribution in [0.1, 0.15) is 39.7 Å². The van der Waals surface area contributed by atoms with Crippen LogP contribution in [-0.2, 0) is 17.3 Å². The maximum atomic E-state index is 11.9. The van der Waals surface area contributed by atoms with E-state index in [4.69, 9.17) is 0 Å². The number of carbonyl (C=O) groups excluding carboxylic acids is 2. The molecule has 1 aromatic carbocycles. The predicted molar refractivity (Wildman–Crippen MR) is 108 cm³/mol. The molecule has 0 atom stereocenters. The second kappa shape index (κ2) is 9.03. The molecule has 0 aliphatic carbocycles. The molecule has 0 saturated carbocycles. The van der Waals surface area contributed by atoms with E-state index in [1.807, 2.05) is 30.7 Å². The highest BCUT2D eigenvalue weighted by Crippen LogP contribution is 2.26. The van der Waals surface area contributed by atoms with Crippen molar-refractivity contribution in [2.45, 2.75) is 44.7 Å². The lowest BCUT2D eigenvalue weighted by Crippen LogP contribution is -2.40. The molecule has 0 fully saturated rings. The van der Waals surface area contributed by atoms with E-state index in [0.29, 0.717) is 11.7 Å². The molecule has 146 valence electrons. The second-order valence-corrected chi connectivity index (χ2v) is 8.23. The fourth-order valence-electron chi connectivity index (χ4n) is 2.39. The van der Waals surface area contributed by atoms with Crippen molar-refractivity contribution in [3.8, 4) is 11.4 Å². The number of urea groups is 1. The van der Waals surface area contributed by atoms with Gasteiger partial charge in [0.05, 0.1) is 5.75 Å². The van der Waals surface area contributed by atoms with Crippen molar-refractivity contribution in [3.05, 3.63) is 29.8 Å². The Kier molecular flexibility index (Phi) is 7.01. The molecule has 27 heavy (non-hydrogen) atoms. The van der Waals surface area contributed by atoms with Crippen molar-refractivity contribution in [1.82, 2.24) is 25.4 Å². The van der Waals surface area contributed by atoms with Gasteiger partial charge in [0, 0.05) is 19.2 Å². The number of carbonyl (C=O) groups is 2. The van der Waals surface area contributed by atoms with Crippen LogP contribution in [0.25, 0.3) is 11.4 Å². The van der Waals surface area contributed by atoms with Crippen molar-refractivity contribution >= 4 is 23.7 Å². The topological polar surface area (TPSA) is 88.9 Å².